The van der Waals surface area contributed by atoms with Crippen LogP contribution in [0.4, 0.5) is 10.1 Å². The first-order valence-corrected chi connectivity index (χ1v) is 6.70. The Hall–Kier alpha value is -2.48. The second-order valence-electron chi connectivity index (χ2n) is 4.05. The number of nitro benzene ring substituents is 1. The summed E-state index contributed by atoms with van der Waals surface area (Å²) in [7, 11) is 0. The molecule has 1 aromatic carbocycles. The lowest BCUT2D eigenvalue weighted by Crippen LogP contribution is -1.97. The molecule has 1 aromatic heterocycles. The molecule has 2 aromatic rings. The summed E-state index contributed by atoms with van der Waals surface area (Å²) in [6.45, 7) is 0. The molecule has 0 unspecified atom stereocenters. The van der Waals surface area contributed by atoms with Crippen LogP contribution in [0, 0.1) is 15.9 Å². The van der Waals surface area contributed by atoms with Crippen molar-refractivity contribution in [2.24, 2.45) is 0 Å². The van der Waals surface area contributed by atoms with Crippen LogP contribution in [-0.2, 0) is 5.75 Å². The van der Waals surface area contributed by atoms with E-state index in [2.05, 4.69) is 4.98 Å². The Balaban J connectivity index is 2.09. The van der Waals surface area contributed by atoms with E-state index in [4.69, 9.17) is 5.11 Å². The highest BCUT2D eigenvalue weighted by Crippen LogP contribution is 2.24. The average Bonchev–Trinajstić information content (AvgIpc) is 2.45. The van der Waals surface area contributed by atoms with Crippen LogP contribution in [0.2, 0.25) is 0 Å². The van der Waals surface area contributed by atoms with Gasteiger partial charge in [-0.1, -0.05) is 0 Å². The quantitative estimate of drug-likeness (QED) is 0.518. The number of nitro groups is 1. The normalized spacial score (nSPS) is 10.3. The van der Waals surface area contributed by atoms with Crippen LogP contribution < -0.4 is 0 Å². The second-order valence-corrected chi connectivity index (χ2v) is 5.05. The molecular formula is C13H9FN2O4S. The largest absolute Gasteiger partial charge is 0.478 e. The summed E-state index contributed by atoms with van der Waals surface area (Å²) in [4.78, 5) is 24.6. The zero-order valence-electron chi connectivity index (χ0n) is 10.5. The monoisotopic (exact) mass is 308 g/mol. The molecule has 1 heterocycles. The van der Waals surface area contributed by atoms with E-state index in [1.165, 1.54) is 42.2 Å². The summed E-state index contributed by atoms with van der Waals surface area (Å²) < 4.78 is 13.3. The molecule has 1 N–H and O–H groups in total. The first-order chi connectivity index (χ1) is 9.95. The van der Waals surface area contributed by atoms with E-state index in [1.807, 2.05) is 0 Å². The lowest BCUT2D eigenvalue weighted by atomic mass is 10.2. The SMILES string of the molecule is O=C(O)c1ccc(SCc2cc(F)cc([N+](=O)[O-])c2)nc1. The van der Waals surface area contributed by atoms with E-state index >= 15 is 0 Å². The Bertz CT molecular complexity index is 691. The number of pyridine rings is 1. The predicted molar refractivity (Wildman–Crippen MR) is 73.8 cm³/mol. The molecule has 0 saturated carbocycles. The number of hydrogen-bond donors (Lipinski definition) is 1. The van der Waals surface area contributed by atoms with Crippen LogP contribution in [-0.4, -0.2) is 21.0 Å². The maximum Gasteiger partial charge on any atom is 0.337 e. The third-order valence-electron chi connectivity index (χ3n) is 2.52. The van der Waals surface area contributed by atoms with Gasteiger partial charge in [0.05, 0.1) is 21.6 Å². The standard InChI is InChI=1S/C13H9FN2O4S/c14-10-3-8(4-11(5-10)16(19)20)7-21-12-2-1-9(6-15-12)13(17)18/h1-6H,7H2,(H,17,18). The van der Waals surface area contributed by atoms with Crippen molar-refractivity contribution in [3.05, 3.63) is 63.6 Å². The minimum Gasteiger partial charge on any atom is -0.478 e. The van der Waals surface area contributed by atoms with E-state index in [0.717, 1.165) is 6.07 Å². The Morgan fingerprint density at radius 1 is 1.38 bits per heavy atom. The fraction of sp³-hybridized carbons (Fsp3) is 0.0769. The lowest BCUT2D eigenvalue weighted by molar-refractivity contribution is -0.385. The Morgan fingerprint density at radius 2 is 2.14 bits per heavy atom. The molecule has 21 heavy (non-hydrogen) atoms. The third-order valence-corrected chi connectivity index (χ3v) is 3.54. The Kier molecular flexibility index (Phi) is 4.49. The summed E-state index contributed by atoms with van der Waals surface area (Å²) in [6.07, 6.45) is 1.22. The highest BCUT2D eigenvalue weighted by atomic mass is 32.2. The van der Waals surface area contributed by atoms with E-state index in [1.54, 1.807) is 0 Å². The number of carbonyl (C=O) groups is 1. The number of rotatable bonds is 5. The van der Waals surface area contributed by atoms with Gasteiger partial charge in [0, 0.05) is 18.0 Å². The van der Waals surface area contributed by atoms with E-state index < -0.39 is 16.7 Å². The first-order valence-electron chi connectivity index (χ1n) is 5.72. The van der Waals surface area contributed by atoms with Crippen molar-refractivity contribution in [2.75, 3.05) is 0 Å². The molecule has 0 bridgehead atoms. The smallest absolute Gasteiger partial charge is 0.337 e. The minimum absolute atomic E-state index is 0.0701. The molecule has 0 aliphatic heterocycles. The third kappa shape index (κ3) is 3.99. The number of nitrogens with zero attached hydrogens (tertiary/aromatic N) is 2. The van der Waals surface area contributed by atoms with Crippen molar-refractivity contribution in [3.63, 3.8) is 0 Å². The molecular weight excluding hydrogens is 299 g/mol. The number of carboxylic acids is 1. The zero-order chi connectivity index (χ0) is 15.4. The number of halogens is 1. The maximum atomic E-state index is 13.3. The summed E-state index contributed by atoms with van der Waals surface area (Å²) in [5, 5.41) is 19.9. The number of thioether (sulfide) groups is 1. The fourth-order valence-electron chi connectivity index (χ4n) is 1.57. The Labute approximate surface area is 122 Å². The van der Waals surface area contributed by atoms with E-state index in [0.29, 0.717) is 10.6 Å². The van der Waals surface area contributed by atoms with Crippen LogP contribution in [0.15, 0.2) is 41.6 Å². The van der Waals surface area contributed by atoms with Gasteiger partial charge in [0.25, 0.3) is 5.69 Å². The van der Waals surface area contributed by atoms with Gasteiger partial charge in [-0.3, -0.25) is 10.1 Å². The van der Waals surface area contributed by atoms with Gasteiger partial charge in [0.2, 0.25) is 0 Å². The molecule has 0 spiro atoms. The van der Waals surface area contributed by atoms with Crippen LogP contribution in [0.1, 0.15) is 15.9 Å². The number of aromatic carboxylic acids is 1. The highest BCUT2D eigenvalue weighted by molar-refractivity contribution is 7.98. The molecule has 0 saturated heterocycles. The fourth-order valence-corrected chi connectivity index (χ4v) is 2.34. The summed E-state index contributed by atoms with van der Waals surface area (Å²) in [5.41, 5.74) is 0.219. The van der Waals surface area contributed by atoms with Gasteiger partial charge in [-0.25, -0.2) is 14.2 Å². The number of non-ortho nitro benzene ring substituents is 1. The van der Waals surface area contributed by atoms with Crippen molar-refractivity contribution in [1.29, 1.82) is 0 Å². The molecule has 108 valence electrons. The maximum absolute atomic E-state index is 13.3. The van der Waals surface area contributed by atoms with Gasteiger partial charge in [-0.15, -0.1) is 11.8 Å². The van der Waals surface area contributed by atoms with Crippen molar-refractivity contribution in [1.82, 2.24) is 4.98 Å². The van der Waals surface area contributed by atoms with Gasteiger partial charge < -0.3 is 5.11 Å². The van der Waals surface area contributed by atoms with Crippen LogP contribution in [0.3, 0.4) is 0 Å². The molecule has 0 aliphatic rings. The molecule has 0 amide bonds. The van der Waals surface area contributed by atoms with Crippen molar-refractivity contribution in [3.8, 4) is 0 Å². The van der Waals surface area contributed by atoms with Crippen LogP contribution >= 0.6 is 11.8 Å². The van der Waals surface area contributed by atoms with Crippen LogP contribution in [0.25, 0.3) is 0 Å². The number of carboxylic acid groups (broad SMARTS) is 1. The highest BCUT2D eigenvalue weighted by Gasteiger charge is 2.10. The van der Waals surface area contributed by atoms with E-state index in [9.17, 15) is 19.3 Å². The van der Waals surface area contributed by atoms with Crippen LogP contribution in [0.5, 0.6) is 0 Å². The Morgan fingerprint density at radius 3 is 2.71 bits per heavy atom. The van der Waals surface area contributed by atoms with E-state index in [-0.39, 0.29) is 17.0 Å². The van der Waals surface area contributed by atoms with Crippen molar-refractivity contribution < 1.29 is 19.2 Å². The minimum atomic E-state index is -1.07. The molecule has 8 heteroatoms. The molecule has 6 nitrogen and oxygen atoms in total. The zero-order valence-corrected chi connectivity index (χ0v) is 11.3. The molecule has 0 atom stereocenters. The molecule has 0 radical (unpaired) electrons. The molecule has 0 aliphatic carbocycles. The topological polar surface area (TPSA) is 93.3 Å². The molecule has 2 rings (SSSR count). The number of benzene rings is 1. The van der Waals surface area contributed by atoms with Crippen molar-refractivity contribution in [2.45, 2.75) is 10.8 Å². The average molecular weight is 308 g/mol. The van der Waals surface area contributed by atoms with Gasteiger partial charge in [0.1, 0.15) is 5.82 Å². The summed E-state index contributed by atoms with van der Waals surface area (Å²) >= 11 is 1.23. The van der Waals surface area contributed by atoms with Gasteiger partial charge in [-0.2, -0.15) is 0 Å². The number of aromatic nitrogens is 1. The summed E-state index contributed by atoms with van der Waals surface area (Å²) in [5.74, 6) is -1.45. The number of hydrogen-bond acceptors (Lipinski definition) is 5. The first kappa shape index (κ1) is 14.9. The van der Waals surface area contributed by atoms with Gasteiger partial charge in [0.15, 0.2) is 0 Å². The summed E-state index contributed by atoms with van der Waals surface area (Å²) in [6, 6.07) is 6.30. The second kappa shape index (κ2) is 6.31. The lowest BCUT2D eigenvalue weighted by Gasteiger charge is -2.02. The van der Waals surface area contributed by atoms with Gasteiger partial charge >= 0.3 is 5.97 Å². The predicted octanol–water partition coefficient (Wildman–Crippen LogP) is 3.12. The van der Waals surface area contributed by atoms with Gasteiger partial charge in [-0.05, 0) is 23.8 Å². The van der Waals surface area contributed by atoms with Crippen molar-refractivity contribution >= 4 is 23.4 Å². The molecule has 0 fully saturated rings.